The van der Waals surface area contributed by atoms with Gasteiger partial charge in [0, 0.05) is 29.6 Å². The van der Waals surface area contributed by atoms with Crippen LogP contribution in [0.2, 0.25) is 0 Å². The molecule has 19 heavy (non-hydrogen) atoms. The van der Waals surface area contributed by atoms with Gasteiger partial charge in [0.25, 0.3) is 0 Å². The smallest absolute Gasteiger partial charge is 0.134 e. The van der Waals surface area contributed by atoms with E-state index in [1.165, 1.54) is 0 Å². The van der Waals surface area contributed by atoms with Crippen molar-refractivity contribution in [3.8, 4) is 11.3 Å². The summed E-state index contributed by atoms with van der Waals surface area (Å²) in [5.74, 6) is 0.972. The fourth-order valence-electron chi connectivity index (χ4n) is 2.01. The summed E-state index contributed by atoms with van der Waals surface area (Å²) in [7, 11) is 0. The topological polar surface area (TPSA) is 58.9 Å². The lowest BCUT2D eigenvalue weighted by atomic mass is 9.95. The van der Waals surface area contributed by atoms with Crippen molar-refractivity contribution in [2.45, 2.75) is 26.7 Å². The standard InChI is InChI=1S/C15H19N3O/c1-10(2)13(9-19)15-17-11(3)7-14(18-15)12-5-4-6-16-8-12/h4-8,10,13,19H,9H2,1-3H3. The van der Waals surface area contributed by atoms with Crippen LogP contribution >= 0.6 is 0 Å². The van der Waals surface area contributed by atoms with E-state index < -0.39 is 0 Å². The van der Waals surface area contributed by atoms with Crippen LogP contribution in [-0.2, 0) is 0 Å². The van der Waals surface area contributed by atoms with Crippen LogP contribution in [0.15, 0.2) is 30.6 Å². The van der Waals surface area contributed by atoms with Crippen LogP contribution in [0.4, 0.5) is 0 Å². The first-order valence-corrected chi connectivity index (χ1v) is 6.48. The predicted molar refractivity (Wildman–Crippen MR) is 74.7 cm³/mol. The second-order valence-electron chi connectivity index (χ2n) is 5.03. The lowest BCUT2D eigenvalue weighted by molar-refractivity contribution is 0.231. The number of pyridine rings is 1. The maximum atomic E-state index is 9.51. The molecule has 1 N–H and O–H groups in total. The van der Waals surface area contributed by atoms with Gasteiger partial charge in [-0.1, -0.05) is 13.8 Å². The number of hydrogen-bond acceptors (Lipinski definition) is 4. The molecule has 2 aromatic heterocycles. The fourth-order valence-corrected chi connectivity index (χ4v) is 2.01. The molecule has 2 heterocycles. The van der Waals surface area contributed by atoms with Crippen LogP contribution < -0.4 is 0 Å². The van der Waals surface area contributed by atoms with Gasteiger partial charge in [-0.25, -0.2) is 9.97 Å². The molecule has 0 saturated heterocycles. The molecule has 0 aliphatic rings. The van der Waals surface area contributed by atoms with Crippen molar-refractivity contribution in [2.75, 3.05) is 6.61 Å². The number of aliphatic hydroxyl groups excluding tert-OH is 1. The second-order valence-corrected chi connectivity index (χ2v) is 5.03. The number of aromatic nitrogens is 3. The normalized spacial score (nSPS) is 12.7. The van der Waals surface area contributed by atoms with Gasteiger partial charge in [0.15, 0.2) is 0 Å². The average molecular weight is 257 g/mol. The molecule has 2 rings (SSSR count). The molecule has 0 aromatic carbocycles. The average Bonchev–Trinajstić information content (AvgIpc) is 2.39. The zero-order valence-electron chi connectivity index (χ0n) is 11.5. The quantitative estimate of drug-likeness (QED) is 0.914. The molecule has 0 aliphatic carbocycles. The Kier molecular flexibility index (Phi) is 4.22. The molecular formula is C15H19N3O. The number of hydrogen-bond donors (Lipinski definition) is 1. The second kappa shape index (κ2) is 5.89. The van der Waals surface area contributed by atoms with E-state index in [0.29, 0.717) is 11.7 Å². The molecule has 0 fully saturated rings. The monoisotopic (exact) mass is 257 g/mol. The Morgan fingerprint density at radius 1 is 1.26 bits per heavy atom. The van der Waals surface area contributed by atoms with Crippen molar-refractivity contribution in [2.24, 2.45) is 5.92 Å². The minimum absolute atomic E-state index is 0.0321. The number of aliphatic hydroxyl groups is 1. The molecule has 0 saturated carbocycles. The van der Waals surface area contributed by atoms with E-state index in [1.807, 2.05) is 25.1 Å². The van der Waals surface area contributed by atoms with E-state index in [9.17, 15) is 5.11 Å². The molecule has 0 amide bonds. The molecule has 0 spiro atoms. The highest BCUT2D eigenvalue weighted by Crippen LogP contribution is 2.24. The summed E-state index contributed by atoms with van der Waals surface area (Å²) < 4.78 is 0. The first kappa shape index (κ1) is 13.6. The van der Waals surface area contributed by atoms with Crippen molar-refractivity contribution in [3.05, 3.63) is 42.1 Å². The first-order chi connectivity index (χ1) is 9.11. The Bertz CT molecular complexity index is 540. The molecule has 0 radical (unpaired) electrons. The third-order valence-electron chi connectivity index (χ3n) is 3.16. The van der Waals surface area contributed by atoms with Crippen LogP contribution in [0, 0.1) is 12.8 Å². The number of nitrogens with zero attached hydrogens (tertiary/aromatic N) is 3. The summed E-state index contributed by atoms with van der Waals surface area (Å²) in [6, 6.07) is 5.80. The van der Waals surface area contributed by atoms with E-state index in [2.05, 4.69) is 28.8 Å². The van der Waals surface area contributed by atoms with Crippen LogP contribution in [0.5, 0.6) is 0 Å². The fraction of sp³-hybridized carbons (Fsp3) is 0.400. The summed E-state index contributed by atoms with van der Waals surface area (Å²) >= 11 is 0. The van der Waals surface area contributed by atoms with Gasteiger partial charge in [-0.2, -0.15) is 0 Å². The Morgan fingerprint density at radius 3 is 2.63 bits per heavy atom. The molecule has 4 heteroatoms. The van der Waals surface area contributed by atoms with Gasteiger partial charge in [-0.15, -0.1) is 0 Å². The number of aryl methyl sites for hydroxylation is 1. The van der Waals surface area contributed by atoms with E-state index >= 15 is 0 Å². The van der Waals surface area contributed by atoms with Gasteiger partial charge in [-0.05, 0) is 31.0 Å². The van der Waals surface area contributed by atoms with Gasteiger partial charge in [0.2, 0.25) is 0 Å². The van der Waals surface area contributed by atoms with Crippen molar-refractivity contribution < 1.29 is 5.11 Å². The molecule has 2 aromatic rings. The molecule has 1 atom stereocenters. The molecular weight excluding hydrogens is 238 g/mol. The third-order valence-corrected chi connectivity index (χ3v) is 3.16. The zero-order chi connectivity index (χ0) is 13.8. The van der Waals surface area contributed by atoms with E-state index in [1.54, 1.807) is 12.4 Å². The summed E-state index contributed by atoms with van der Waals surface area (Å²) in [4.78, 5) is 13.2. The lowest BCUT2D eigenvalue weighted by Gasteiger charge is -2.17. The Balaban J connectivity index is 2.45. The lowest BCUT2D eigenvalue weighted by Crippen LogP contribution is -2.15. The van der Waals surface area contributed by atoms with Crippen molar-refractivity contribution in [3.63, 3.8) is 0 Å². The van der Waals surface area contributed by atoms with E-state index in [4.69, 9.17) is 0 Å². The summed E-state index contributed by atoms with van der Waals surface area (Å²) in [6.45, 7) is 6.14. The highest BCUT2D eigenvalue weighted by molar-refractivity contribution is 5.57. The SMILES string of the molecule is Cc1cc(-c2cccnc2)nc(C(CO)C(C)C)n1. The van der Waals surface area contributed by atoms with Crippen LogP contribution in [0.1, 0.15) is 31.3 Å². The van der Waals surface area contributed by atoms with Gasteiger partial charge in [-0.3, -0.25) is 4.98 Å². The van der Waals surface area contributed by atoms with Gasteiger partial charge >= 0.3 is 0 Å². The van der Waals surface area contributed by atoms with Gasteiger partial charge in [0.1, 0.15) is 5.82 Å². The molecule has 4 nitrogen and oxygen atoms in total. The number of rotatable bonds is 4. The minimum atomic E-state index is -0.0321. The van der Waals surface area contributed by atoms with E-state index in [-0.39, 0.29) is 12.5 Å². The summed E-state index contributed by atoms with van der Waals surface area (Å²) in [5.41, 5.74) is 2.73. The Morgan fingerprint density at radius 2 is 2.05 bits per heavy atom. The van der Waals surface area contributed by atoms with Gasteiger partial charge < -0.3 is 5.11 Å². The van der Waals surface area contributed by atoms with E-state index in [0.717, 1.165) is 17.0 Å². The highest BCUT2D eigenvalue weighted by Gasteiger charge is 2.19. The Hall–Kier alpha value is -1.81. The third kappa shape index (κ3) is 3.15. The highest BCUT2D eigenvalue weighted by atomic mass is 16.3. The largest absolute Gasteiger partial charge is 0.396 e. The molecule has 0 bridgehead atoms. The van der Waals surface area contributed by atoms with Crippen molar-refractivity contribution in [1.29, 1.82) is 0 Å². The predicted octanol–water partition coefficient (Wildman–Crippen LogP) is 2.58. The summed E-state index contributed by atoms with van der Waals surface area (Å²) in [6.07, 6.45) is 3.53. The summed E-state index contributed by atoms with van der Waals surface area (Å²) in [5, 5.41) is 9.51. The Labute approximate surface area is 113 Å². The molecule has 1 unspecified atom stereocenters. The minimum Gasteiger partial charge on any atom is -0.396 e. The zero-order valence-corrected chi connectivity index (χ0v) is 11.5. The van der Waals surface area contributed by atoms with Gasteiger partial charge in [0.05, 0.1) is 12.3 Å². The molecule has 0 aliphatic heterocycles. The van der Waals surface area contributed by atoms with Crippen molar-refractivity contribution in [1.82, 2.24) is 15.0 Å². The first-order valence-electron chi connectivity index (χ1n) is 6.48. The molecule has 100 valence electrons. The maximum absolute atomic E-state index is 9.51. The van der Waals surface area contributed by atoms with Crippen molar-refractivity contribution >= 4 is 0 Å². The van der Waals surface area contributed by atoms with Crippen LogP contribution in [0.3, 0.4) is 0 Å². The van der Waals surface area contributed by atoms with Crippen LogP contribution in [-0.4, -0.2) is 26.7 Å². The maximum Gasteiger partial charge on any atom is 0.134 e. The van der Waals surface area contributed by atoms with Crippen LogP contribution in [0.25, 0.3) is 11.3 Å².